The van der Waals surface area contributed by atoms with Crippen molar-refractivity contribution in [2.75, 3.05) is 11.9 Å². The van der Waals surface area contributed by atoms with E-state index in [1.54, 1.807) is 0 Å². The molecule has 3 saturated carbocycles. The van der Waals surface area contributed by atoms with Crippen molar-refractivity contribution in [1.82, 2.24) is 30.1 Å². The third-order valence-electron chi connectivity index (χ3n) is 6.72. The molecule has 11 nitrogen and oxygen atoms in total. The number of amides is 1. The van der Waals surface area contributed by atoms with Gasteiger partial charge in [0.1, 0.15) is 18.2 Å². The fourth-order valence-electron chi connectivity index (χ4n) is 4.92. The van der Waals surface area contributed by atoms with Gasteiger partial charge in [-0.1, -0.05) is 0 Å². The minimum absolute atomic E-state index is 0.0508. The molecule has 15 heteroatoms. The summed E-state index contributed by atoms with van der Waals surface area (Å²) in [5, 5.41) is 16.6. The maximum atomic E-state index is 15.0. The molecule has 4 aliphatic rings. The molecule has 4 heterocycles. The number of fused-ring (bicyclic) bond motifs is 1. The Labute approximate surface area is 200 Å². The molecule has 36 heavy (non-hydrogen) atoms. The average Bonchev–Trinajstić information content (AvgIpc) is 3.48. The molecule has 3 aromatic rings. The lowest BCUT2D eigenvalue weighted by atomic mass is 9.50. The van der Waals surface area contributed by atoms with Crippen LogP contribution >= 0.6 is 0 Å². The number of nitrogens with one attached hydrogen (secondary N) is 3. The molecule has 192 valence electrons. The van der Waals surface area contributed by atoms with Crippen LogP contribution < -0.4 is 10.6 Å². The molecule has 0 radical (unpaired) electrons. The second kappa shape index (κ2) is 8.30. The zero-order valence-electron chi connectivity index (χ0n) is 18.6. The van der Waals surface area contributed by atoms with Gasteiger partial charge < -0.3 is 20.1 Å². The summed E-state index contributed by atoms with van der Waals surface area (Å²) in [6.07, 6.45) is -3.40. The van der Waals surface area contributed by atoms with E-state index in [2.05, 4.69) is 35.7 Å². The monoisotopic (exact) mass is 511 g/mol. The van der Waals surface area contributed by atoms with Gasteiger partial charge in [0, 0.05) is 24.0 Å². The van der Waals surface area contributed by atoms with Crippen LogP contribution in [0.15, 0.2) is 24.5 Å². The molecule has 3 atom stereocenters. The Balaban J connectivity index is 1.09. The summed E-state index contributed by atoms with van der Waals surface area (Å²) in [6, 6.07) is 2.91. The molecular formula is C21H21F4N7O4. The fraction of sp³-hybridized carbons (Fsp3) is 0.524. The number of H-pyrrole nitrogens is 1. The Hall–Kier alpha value is -3.46. The van der Waals surface area contributed by atoms with Crippen LogP contribution in [0.3, 0.4) is 0 Å². The molecule has 0 spiro atoms. The molecule has 2 bridgehead atoms. The molecule has 0 unspecified atom stereocenters. The number of hydrogen-bond donors (Lipinski definition) is 3. The van der Waals surface area contributed by atoms with Gasteiger partial charge in [0.05, 0.1) is 18.0 Å². The number of aromatic amines is 1. The van der Waals surface area contributed by atoms with Gasteiger partial charge in [0.15, 0.2) is 23.9 Å². The molecule has 1 aliphatic heterocycles. The standard InChI is InChI=1S/C21H21F4N7O4/c22-16-14(36-19(33)28-20-5-10(6-20)7-20)9-34-17(16)12-4-15(30-29-12)27-18-13-3-11(8-35-21(23,24)25)31-32(13)2-1-26-18/h1-4,10,14,16-17H,5-9H2,(H,28,33)(H2,26,27,29,30)/t10?,14-,16+,17-,20?/m1/s1. The Morgan fingerprint density at radius 1 is 1.31 bits per heavy atom. The van der Waals surface area contributed by atoms with Gasteiger partial charge in [-0.3, -0.25) is 9.84 Å². The lowest BCUT2D eigenvalue weighted by molar-refractivity contribution is -0.330. The number of halogens is 4. The number of hydrogen-bond acceptors (Lipinski definition) is 8. The zero-order valence-corrected chi connectivity index (χ0v) is 18.6. The highest BCUT2D eigenvalue weighted by Gasteiger charge is 2.58. The van der Waals surface area contributed by atoms with Crippen molar-refractivity contribution in [3.8, 4) is 0 Å². The summed E-state index contributed by atoms with van der Waals surface area (Å²) in [6.45, 7) is -0.854. The average molecular weight is 511 g/mol. The van der Waals surface area contributed by atoms with Crippen LogP contribution in [0.4, 0.5) is 34.0 Å². The summed E-state index contributed by atoms with van der Waals surface area (Å²) in [7, 11) is 0. The number of nitrogens with zero attached hydrogens (tertiary/aromatic N) is 4. The first-order valence-corrected chi connectivity index (χ1v) is 11.3. The van der Waals surface area contributed by atoms with Crippen molar-refractivity contribution >= 4 is 23.2 Å². The number of ether oxygens (including phenoxy) is 3. The Morgan fingerprint density at radius 2 is 2.11 bits per heavy atom. The van der Waals surface area contributed by atoms with Crippen molar-refractivity contribution in [2.45, 2.75) is 56.2 Å². The molecule has 0 aromatic carbocycles. The van der Waals surface area contributed by atoms with E-state index in [-0.39, 0.29) is 29.5 Å². The topological polar surface area (TPSA) is 128 Å². The predicted octanol–water partition coefficient (Wildman–Crippen LogP) is 3.29. The molecule has 1 saturated heterocycles. The number of anilines is 2. The van der Waals surface area contributed by atoms with Crippen LogP contribution in [0, 0.1) is 5.92 Å². The summed E-state index contributed by atoms with van der Waals surface area (Å²) in [5.41, 5.74) is 0.575. The van der Waals surface area contributed by atoms with Crippen molar-refractivity contribution in [3.63, 3.8) is 0 Å². The maximum Gasteiger partial charge on any atom is 0.522 e. The second-order valence-electron chi connectivity index (χ2n) is 9.34. The molecule has 3 aromatic heterocycles. The Morgan fingerprint density at radius 3 is 2.83 bits per heavy atom. The van der Waals surface area contributed by atoms with Crippen LogP contribution in [-0.4, -0.2) is 61.7 Å². The van der Waals surface area contributed by atoms with E-state index >= 15 is 4.39 Å². The molecule has 3 N–H and O–H groups in total. The largest absolute Gasteiger partial charge is 0.522 e. The Kier molecular flexibility index (Phi) is 5.29. The number of alkyl carbamates (subject to hydrolysis) is 1. The summed E-state index contributed by atoms with van der Waals surface area (Å²) < 4.78 is 68.0. The smallest absolute Gasteiger partial charge is 0.441 e. The van der Waals surface area contributed by atoms with Crippen LogP contribution in [0.5, 0.6) is 0 Å². The molecule has 4 fully saturated rings. The van der Waals surface area contributed by atoms with Gasteiger partial charge in [-0.15, -0.1) is 13.2 Å². The number of carbonyl (C=O) groups is 1. The fourth-order valence-corrected chi connectivity index (χ4v) is 4.92. The summed E-state index contributed by atoms with van der Waals surface area (Å²) in [4.78, 5) is 16.3. The van der Waals surface area contributed by atoms with Crippen LogP contribution in [0.25, 0.3) is 5.52 Å². The van der Waals surface area contributed by atoms with Crippen molar-refractivity contribution in [1.29, 1.82) is 0 Å². The number of carbonyl (C=O) groups excluding carboxylic acids is 1. The lowest BCUT2D eigenvalue weighted by Crippen LogP contribution is -2.68. The number of aromatic nitrogens is 5. The van der Waals surface area contributed by atoms with E-state index in [1.165, 1.54) is 29.0 Å². The zero-order chi connectivity index (χ0) is 25.1. The van der Waals surface area contributed by atoms with Crippen LogP contribution in [0.1, 0.15) is 36.8 Å². The van der Waals surface area contributed by atoms with E-state index in [4.69, 9.17) is 9.47 Å². The third-order valence-corrected chi connectivity index (χ3v) is 6.72. The molecular weight excluding hydrogens is 490 g/mol. The summed E-state index contributed by atoms with van der Waals surface area (Å²) in [5.74, 6) is 1.21. The van der Waals surface area contributed by atoms with E-state index in [0.717, 1.165) is 19.3 Å². The van der Waals surface area contributed by atoms with E-state index in [1.807, 2.05) is 0 Å². The van der Waals surface area contributed by atoms with Gasteiger partial charge in [-0.05, 0) is 31.2 Å². The number of alkyl halides is 4. The van der Waals surface area contributed by atoms with Crippen molar-refractivity contribution in [3.05, 3.63) is 35.9 Å². The first-order chi connectivity index (χ1) is 17.2. The minimum Gasteiger partial charge on any atom is -0.441 e. The summed E-state index contributed by atoms with van der Waals surface area (Å²) >= 11 is 0. The third kappa shape index (κ3) is 4.32. The van der Waals surface area contributed by atoms with Crippen LogP contribution in [0.2, 0.25) is 0 Å². The van der Waals surface area contributed by atoms with Crippen molar-refractivity contribution in [2.24, 2.45) is 5.92 Å². The van der Waals surface area contributed by atoms with Gasteiger partial charge in [-0.2, -0.15) is 10.2 Å². The molecule has 3 aliphatic carbocycles. The van der Waals surface area contributed by atoms with Gasteiger partial charge in [0.2, 0.25) is 0 Å². The first-order valence-electron chi connectivity index (χ1n) is 11.3. The van der Waals surface area contributed by atoms with Gasteiger partial charge in [0.25, 0.3) is 0 Å². The quantitative estimate of drug-likeness (QED) is 0.413. The second-order valence-corrected chi connectivity index (χ2v) is 9.34. The highest BCUT2D eigenvalue weighted by Crippen LogP contribution is 2.57. The van der Waals surface area contributed by atoms with Crippen LogP contribution in [-0.2, 0) is 20.8 Å². The van der Waals surface area contributed by atoms with Gasteiger partial charge >= 0.3 is 12.5 Å². The predicted molar refractivity (Wildman–Crippen MR) is 113 cm³/mol. The van der Waals surface area contributed by atoms with Crippen molar-refractivity contribution < 1.29 is 36.6 Å². The van der Waals surface area contributed by atoms with E-state index < -0.39 is 37.4 Å². The van der Waals surface area contributed by atoms with E-state index in [0.29, 0.717) is 17.1 Å². The molecule has 1 amide bonds. The Bertz CT molecular complexity index is 1280. The molecule has 7 rings (SSSR count). The first kappa shape index (κ1) is 23.0. The minimum atomic E-state index is -4.78. The normalized spacial score (nSPS) is 29.0. The lowest BCUT2D eigenvalue weighted by Gasteiger charge is -2.61. The van der Waals surface area contributed by atoms with E-state index in [9.17, 15) is 18.0 Å². The maximum absolute atomic E-state index is 15.0. The highest BCUT2D eigenvalue weighted by molar-refractivity contribution is 5.72. The SMILES string of the molecule is O=C(NC12CC(C1)C2)O[C@@H]1CO[C@H](c2cc(Nc3nccn4nc(COC(F)(F)F)cc34)n[nH]2)[C@H]1F. The highest BCUT2D eigenvalue weighted by atomic mass is 19.4. The van der Waals surface area contributed by atoms with Gasteiger partial charge in [-0.25, -0.2) is 18.7 Å². The number of rotatable bonds is 7.